The van der Waals surface area contributed by atoms with Crippen LogP contribution < -0.4 is 22.5 Å². The van der Waals surface area contributed by atoms with Crippen molar-refractivity contribution in [1.29, 1.82) is 0 Å². The molecule has 0 spiro atoms. The molecule has 0 aliphatic heterocycles. The van der Waals surface area contributed by atoms with E-state index in [1.165, 1.54) is 25.4 Å². The minimum absolute atomic E-state index is 0. The van der Waals surface area contributed by atoms with Gasteiger partial charge in [0.1, 0.15) is 24.2 Å². The molecular formula is C33H35ClF10NO7P. The normalized spacial score (nSPS) is 13.7. The molecule has 3 rings (SSSR count). The minimum Gasteiger partial charge on any atom is -1.00 e. The highest BCUT2D eigenvalue weighted by atomic mass is 35.5. The third-order valence-corrected chi connectivity index (χ3v) is 8.72. The quantitative estimate of drug-likeness (QED) is 0.0891. The molecule has 0 unspecified atom stereocenters. The number of carbonyl (C=O) groups excluding carboxylic acids is 1. The van der Waals surface area contributed by atoms with Crippen molar-refractivity contribution in [2.24, 2.45) is 0 Å². The van der Waals surface area contributed by atoms with Crippen molar-refractivity contribution >= 4 is 13.8 Å². The van der Waals surface area contributed by atoms with E-state index in [1.54, 1.807) is 13.8 Å². The summed E-state index contributed by atoms with van der Waals surface area (Å²) in [7, 11) is -3.29. The monoisotopic (exact) mass is 813 g/mol. The lowest BCUT2D eigenvalue weighted by Gasteiger charge is -2.25. The molecule has 0 fully saturated rings. The Kier molecular flexibility index (Phi) is 15.2. The Morgan fingerprint density at radius 3 is 1.89 bits per heavy atom. The van der Waals surface area contributed by atoms with Crippen molar-refractivity contribution < 1.29 is 95.0 Å². The lowest BCUT2D eigenvalue weighted by Crippen LogP contribution is -3.00. The summed E-state index contributed by atoms with van der Waals surface area (Å²) in [6.45, 7) is 3.51. The number of quaternary nitrogens is 1. The van der Waals surface area contributed by atoms with Crippen LogP contribution in [0.4, 0.5) is 48.7 Å². The molecule has 0 saturated carbocycles. The first kappa shape index (κ1) is 45.6. The predicted molar refractivity (Wildman–Crippen MR) is 166 cm³/mol. The van der Waals surface area contributed by atoms with E-state index in [9.17, 15) is 53.3 Å². The number of alkyl halides is 9. The van der Waals surface area contributed by atoms with Gasteiger partial charge in [0.15, 0.2) is 6.10 Å². The second-order valence-electron chi connectivity index (χ2n) is 12.1. The Labute approximate surface area is 303 Å². The number of hydrogen-bond acceptors (Lipinski definition) is 5. The number of benzene rings is 3. The minimum atomic E-state index is -5.29. The van der Waals surface area contributed by atoms with Crippen molar-refractivity contribution in [2.75, 3.05) is 19.9 Å². The van der Waals surface area contributed by atoms with Crippen LogP contribution in [-0.2, 0) is 39.1 Å². The van der Waals surface area contributed by atoms with Gasteiger partial charge >= 0.3 is 32.3 Å². The summed E-state index contributed by atoms with van der Waals surface area (Å²) in [6.07, 6.45) is -20.1. The van der Waals surface area contributed by atoms with E-state index in [2.05, 4.69) is 0 Å². The second-order valence-corrected chi connectivity index (χ2v) is 13.9. The molecule has 2 atom stereocenters. The van der Waals surface area contributed by atoms with Gasteiger partial charge in [-0.05, 0) is 72.4 Å². The molecule has 0 aliphatic carbocycles. The number of nitrogens with two attached hydrogens (primary N) is 1. The maximum atomic E-state index is 14.8. The molecule has 8 nitrogen and oxygen atoms in total. The predicted octanol–water partition coefficient (Wildman–Crippen LogP) is 5.60. The molecule has 0 heterocycles. The van der Waals surface area contributed by atoms with Crippen molar-refractivity contribution in [3.8, 4) is 16.9 Å². The number of methoxy groups -OCH3 is 1. The average molecular weight is 814 g/mol. The third kappa shape index (κ3) is 12.8. The zero-order valence-electron chi connectivity index (χ0n) is 28.3. The Balaban J connectivity index is 0.00000972. The molecule has 20 heteroatoms. The van der Waals surface area contributed by atoms with Crippen LogP contribution >= 0.6 is 7.60 Å². The van der Waals surface area contributed by atoms with E-state index in [-0.39, 0.29) is 58.8 Å². The molecule has 0 aromatic heterocycles. The van der Waals surface area contributed by atoms with E-state index in [0.717, 1.165) is 24.3 Å². The lowest BCUT2D eigenvalue weighted by atomic mass is 9.92. The topological polar surface area (TPSA) is 119 Å². The fraction of sp³-hybridized carbons (Fsp3) is 0.424. The summed E-state index contributed by atoms with van der Waals surface area (Å²) in [6, 6.07) is 4.28. The van der Waals surface area contributed by atoms with Crippen LogP contribution in [0.5, 0.6) is 5.75 Å². The molecule has 0 radical (unpaired) electrons. The Morgan fingerprint density at radius 2 is 1.40 bits per heavy atom. The van der Waals surface area contributed by atoms with Gasteiger partial charge in [0.2, 0.25) is 0 Å². The number of rotatable bonds is 13. The standard InChI is InChI=1S/C33H34F10NO7P.ClH/c1-17(2)25-14-26(28(49-4)15-27(25)34)24-7-6-21(31(35,36)37)12-20(24)16-44-18(3)29(51-30(45)50-8-5-9-52(46,47)48)19-10-22(32(38,39)40)13-23(11-19)33(41,42)43;/h6-7,10-15,17-18,29,44H,5,8-9,16H2,1-4H3,(H2,46,47,48);1H/t18-,29-;/m0./s1. The summed E-state index contributed by atoms with van der Waals surface area (Å²) in [4.78, 5) is 30.6. The Bertz CT molecular complexity index is 1750. The number of carbonyl (C=O) groups is 1. The van der Waals surface area contributed by atoms with Crippen LogP contribution in [0.25, 0.3) is 11.1 Å². The fourth-order valence-corrected chi connectivity index (χ4v) is 5.76. The number of halogens is 11. The number of ether oxygens (including phenoxy) is 3. The van der Waals surface area contributed by atoms with Crippen LogP contribution in [0, 0.1) is 5.82 Å². The van der Waals surface area contributed by atoms with Gasteiger partial charge in [-0.15, -0.1) is 0 Å². The first-order valence-corrected chi connectivity index (χ1v) is 17.2. The van der Waals surface area contributed by atoms with Gasteiger partial charge in [-0.3, -0.25) is 4.57 Å². The molecule has 0 saturated heterocycles. The van der Waals surface area contributed by atoms with Crippen LogP contribution in [0.15, 0.2) is 48.5 Å². The molecule has 3 aromatic carbocycles. The summed E-state index contributed by atoms with van der Waals surface area (Å²) < 4.78 is 165. The molecule has 296 valence electrons. The maximum absolute atomic E-state index is 14.8. The van der Waals surface area contributed by atoms with Crippen molar-refractivity contribution in [3.63, 3.8) is 0 Å². The molecule has 3 aromatic rings. The highest BCUT2D eigenvalue weighted by Crippen LogP contribution is 2.41. The first-order valence-electron chi connectivity index (χ1n) is 15.4. The maximum Gasteiger partial charge on any atom is 0.509 e. The van der Waals surface area contributed by atoms with Crippen molar-refractivity contribution in [3.05, 3.63) is 87.7 Å². The fourth-order valence-electron chi connectivity index (χ4n) is 5.22. The van der Waals surface area contributed by atoms with Crippen LogP contribution in [0.1, 0.15) is 72.6 Å². The van der Waals surface area contributed by atoms with Crippen LogP contribution in [0.2, 0.25) is 0 Å². The molecular weight excluding hydrogens is 779 g/mol. The van der Waals surface area contributed by atoms with E-state index in [4.69, 9.17) is 24.0 Å². The number of hydrogen-bond donors (Lipinski definition) is 3. The smallest absolute Gasteiger partial charge is 0.509 e. The van der Waals surface area contributed by atoms with E-state index < -0.39 is 91.8 Å². The Morgan fingerprint density at radius 1 is 0.830 bits per heavy atom. The third-order valence-electron chi connectivity index (χ3n) is 7.83. The zero-order chi connectivity index (χ0) is 39.4. The van der Waals surface area contributed by atoms with E-state index in [0.29, 0.717) is 12.1 Å². The lowest BCUT2D eigenvalue weighted by molar-refractivity contribution is -0.708. The largest absolute Gasteiger partial charge is 1.00 e. The molecule has 0 bridgehead atoms. The van der Waals surface area contributed by atoms with Gasteiger partial charge < -0.3 is 41.7 Å². The van der Waals surface area contributed by atoms with Gasteiger partial charge in [0, 0.05) is 17.2 Å². The highest BCUT2D eigenvalue weighted by molar-refractivity contribution is 7.51. The second kappa shape index (κ2) is 17.7. The Hall–Kier alpha value is -3.57. The summed E-state index contributed by atoms with van der Waals surface area (Å²) in [5, 5.41) is 1.21. The summed E-state index contributed by atoms with van der Waals surface area (Å²) in [5.41, 5.74) is -4.89. The van der Waals surface area contributed by atoms with Crippen molar-refractivity contribution in [1.82, 2.24) is 0 Å². The summed E-state index contributed by atoms with van der Waals surface area (Å²) in [5.74, 6) is -1.04. The zero-order valence-corrected chi connectivity index (χ0v) is 29.9. The summed E-state index contributed by atoms with van der Waals surface area (Å²) >= 11 is 0. The molecule has 0 aliphatic rings. The SMILES string of the molecule is COc1cc(F)c(C(C)C)cc1-c1ccc(C(F)(F)F)cc1C[NH2+][C@@H](C)[C@H](OC(=O)OCCCP(=O)(O)O)c1cc(C(F)(F)F)cc(C(F)(F)F)c1.[Cl-]. The van der Waals surface area contributed by atoms with Crippen molar-refractivity contribution in [2.45, 2.75) is 70.3 Å². The van der Waals surface area contributed by atoms with E-state index in [1.807, 2.05) is 0 Å². The first-order chi connectivity index (χ1) is 23.8. The van der Waals surface area contributed by atoms with Crippen LogP contribution in [-0.4, -0.2) is 41.9 Å². The van der Waals surface area contributed by atoms with Gasteiger partial charge in [-0.2, -0.15) is 39.5 Å². The van der Waals surface area contributed by atoms with Gasteiger partial charge in [-0.1, -0.05) is 19.9 Å². The molecule has 53 heavy (non-hydrogen) atoms. The van der Waals surface area contributed by atoms with Gasteiger partial charge in [0.05, 0.1) is 36.6 Å². The van der Waals surface area contributed by atoms with Gasteiger partial charge in [-0.25, -0.2) is 9.18 Å². The van der Waals surface area contributed by atoms with Crippen LogP contribution in [0.3, 0.4) is 0 Å². The molecule has 4 N–H and O–H groups in total. The van der Waals surface area contributed by atoms with Gasteiger partial charge in [0.25, 0.3) is 0 Å². The average Bonchev–Trinajstić information content (AvgIpc) is 3.02. The highest BCUT2D eigenvalue weighted by Gasteiger charge is 2.40. The van der Waals surface area contributed by atoms with E-state index >= 15 is 0 Å². The molecule has 0 amide bonds.